The highest BCUT2D eigenvalue weighted by atomic mass is 32.1. The molecule has 0 saturated carbocycles. The Balaban J connectivity index is 2.70. The summed E-state index contributed by atoms with van der Waals surface area (Å²) in [5, 5.41) is 1.99. The number of hydrogen-bond acceptors (Lipinski definition) is 4. The van der Waals surface area contributed by atoms with E-state index in [1.165, 1.54) is 0 Å². The van der Waals surface area contributed by atoms with E-state index in [-0.39, 0.29) is 6.10 Å². The van der Waals surface area contributed by atoms with E-state index in [0.717, 1.165) is 6.42 Å². The topological polar surface area (TPSA) is 47.9 Å². The molecule has 62 valence electrons. The average Bonchev–Trinajstić information content (AvgIpc) is 1.86. The van der Waals surface area contributed by atoms with Crippen LogP contribution in [0, 0.1) is 0 Å². The lowest BCUT2D eigenvalue weighted by molar-refractivity contribution is 0.0931. The second-order valence-electron chi connectivity index (χ2n) is 2.20. The maximum absolute atomic E-state index is 11.3. The van der Waals surface area contributed by atoms with Crippen LogP contribution in [0.4, 0.5) is 0 Å². The van der Waals surface area contributed by atoms with Crippen LogP contribution in [0.5, 0.6) is 0 Å². The predicted molar refractivity (Wildman–Crippen MR) is 43.7 cm³/mol. The minimum absolute atomic E-state index is 0.0818. The summed E-state index contributed by atoms with van der Waals surface area (Å²) >= 11 is 4.29. The average molecular weight is 193 g/mol. The van der Waals surface area contributed by atoms with Gasteiger partial charge in [-0.05, 0) is 25.6 Å². The molecule has 0 amide bonds. The Kier molecular flexibility index (Phi) is 2.93. The van der Waals surface area contributed by atoms with E-state index < -0.39 is 7.75 Å². The van der Waals surface area contributed by atoms with Crippen LogP contribution in [-0.2, 0) is 13.6 Å². The third-order valence-corrected chi connectivity index (χ3v) is 2.96. The molecule has 0 unspecified atom stereocenters. The van der Waals surface area contributed by atoms with Crippen LogP contribution < -0.4 is 0 Å². The minimum atomic E-state index is -3.26. The molecule has 0 aromatic heterocycles. The van der Waals surface area contributed by atoms with Gasteiger partial charge < -0.3 is 0 Å². The predicted octanol–water partition coefficient (Wildman–Crippen LogP) is 2.02. The number of hydrogen-bond donors (Lipinski definition) is 0. The lowest BCUT2D eigenvalue weighted by Gasteiger charge is -2.22. The van der Waals surface area contributed by atoms with Gasteiger partial charge in [0.15, 0.2) is 0 Å². The molecule has 4 nitrogen and oxygen atoms in total. The molecule has 0 aromatic rings. The summed E-state index contributed by atoms with van der Waals surface area (Å²) in [6, 6.07) is 0. The molecule has 0 bridgehead atoms. The molecule has 1 rings (SSSR count). The summed E-state index contributed by atoms with van der Waals surface area (Å²) in [6.45, 7) is 2.22. The van der Waals surface area contributed by atoms with E-state index in [1.807, 2.05) is 12.1 Å². The van der Waals surface area contributed by atoms with Crippen molar-refractivity contribution in [3.63, 3.8) is 0 Å². The zero-order valence-electron chi connectivity index (χ0n) is 6.02. The summed E-state index contributed by atoms with van der Waals surface area (Å²) in [6.07, 6.45) is 0.651. The van der Waals surface area contributed by atoms with Crippen molar-refractivity contribution in [2.24, 2.45) is 4.76 Å². The lowest BCUT2D eigenvalue weighted by Crippen LogP contribution is -2.15. The Labute approximate surface area is 70.2 Å². The molecule has 1 heterocycles. The van der Waals surface area contributed by atoms with Gasteiger partial charge in [-0.3, -0.25) is 9.05 Å². The molecule has 0 aromatic carbocycles. The lowest BCUT2D eigenvalue weighted by atomic mass is 10.3. The van der Waals surface area contributed by atoms with Crippen LogP contribution in [-0.4, -0.2) is 17.9 Å². The van der Waals surface area contributed by atoms with Crippen LogP contribution in [0.3, 0.4) is 0 Å². The third-order valence-electron chi connectivity index (χ3n) is 1.26. The van der Waals surface area contributed by atoms with E-state index in [1.54, 1.807) is 0 Å². The molecule has 0 spiro atoms. The van der Waals surface area contributed by atoms with Gasteiger partial charge in [-0.15, -0.1) is 4.76 Å². The zero-order chi connectivity index (χ0) is 8.32. The fourth-order valence-corrected chi connectivity index (χ4v) is 2.21. The van der Waals surface area contributed by atoms with Crippen molar-refractivity contribution in [3.05, 3.63) is 0 Å². The SMILES string of the molecule is C[C@H]1CCO[P@@](=O)(N=C=S)O1. The Morgan fingerprint density at radius 1 is 1.82 bits per heavy atom. The van der Waals surface area contributed by atoms with Gasteiger partial charge in [-0.1, -0.05) is 0 Å². The maximum atomic E-state index is 11.3. The molecule has 0 aliphatic carbocycles. The summed E-state index contributed by atoms with van der Waals surface area (Å²) in [5.74, 6) is 0. The van der Waals surface area contributed by atoms with Crippen LogP contribution in [0.15, 0.2) is 4.76 Å². The second kappa shape index (κ2) is 3.57. The Hall–Kier alpha value is -0.0500. The van der Waals surface area contributed by atoms with E-state index in [2.05, 4.69) is 17.0 Å². The van der Waals surface area contributed by atoms with Crippen molar-refractivity contribution in [2.75, 3.05) is 6.61 Å². The first-order valence-electron chi connectivity index (χ1n) is 3.19. The molecule has 6 heteroatoms. The number of rotatable bonds is 1. The van der Waals surface area contributed by atoms with Crippen LogP contribution in [0.2, 0.25) is 0 Å². The van der Waals surface area contributed by atoms with E-state index >= 15 is 0 Å². The van der Waals surface area contributed by atoms with Crippen molar-refractivity contribution in [1.29, 1.82) is 0 Å². The molecule has 1 fully saturated rings. The van der Waals surface area contributed by atoms with E-state index in [4.69, 9.17) is 9.05 Å². The number of nitrogens with zero attached hydrogens (tertiary/aromatic N) is 1. The van der Waals surface area contributed by atoms with Gasteiger partial charge in [0.05, 0.1) is 17.9 Å². The Morgan fingerprint density at radius 2 is 2.55 bits per heavy atom. The molecule has 1 saturated heterocycles. The van der Waals surface area contributed by atoms with Gasteiger partial charge in [0.25, 0.3) is 0 Å². The Bertz CT molecular complexity index is 238. The van der Waals surface area contributed by atoms with Crippen molar-refractivity contribution in [1.82, 2.24) is 0 Å². The van der Waals surface area contributed by atoms with Crippen molar-refractivity contribution in [3.8, 4) is 0 Å². The molecular formula is C5H8NO3PS. The second-order valence-corrected chi connectivity index (χ2v) is 3.99. The summed E-state index contributed by atoms with van der Waals surface area (Å²) in [5.41, 5.74) is 0. The fourth-order valence-electron chi connectivity index (χ4n) is 0.747. The standard InChI is InChI=1S/C5H8NO3PS/c1-5-2-3-8-10(7,9-5)6-4-11/h5H,2-3H2,1H3/t5-,10-/m0/s1. The van der Waals surface area contributed by atoms with Crippen molar-refractivity contribution in [2.45, 2.75) is 19.4 Å². The van der Waals surface area contributed by atoms with E-state index in [9.17, 15) is 4.57 Å². The van der Waals surface area contributed by atoms with Gasteiger partial charge >= 0.3 is 7.75 Å². The quantitative estimate of drug-likeness (QED) is 0.363. The summed E-state index contributed by atoms with van der Waals surface area (Å²) < 4.78 is 24.4. The maximum Gasteiger partial charge on any atom is 0.462 e. The van der Waals surface area contributed by atoms with Crippen LogP contribution >= 0.6 is 20.0 Å². The first kappa shape index (κ1) is 9.04. The largest absolute Gasteiger partial charge is 0.462 e. The van der Waals surface area contributed by atoms with Gasteiger partial charge in [0.2, 0.25) is 0 Å². The molecule has 1 aliphatic rings. The highest BCUT2D eigenvalue weighted by Gasteiger charge is 2.30. The van der Waals surface area contributed by atoms with Crippen LogP contribution in [0.1, 0.15) is 13.3 Å². The molecular weight excluding hydrogens is 185 g/mol. The first-order chi connectivity index (χ1) is 5.16. The highest BCUT2D eigenvalue weighted by molar-refractivity contribution is 7.78. The van der Waals surface area contributed by atoms with Crippen LogP contribution in [0.25, 0.3) is 0 Å². The highest BCUT2D eigenvalue weighted by Crippen LogP contribution is 2.53. The number of isothiocyanates is 1. The number of thiocarbonyl (C=S) groups is 1. The van der Waals surface area contributed by atoms with E-state index in [0.29, 0.717) is 6.61 Å². The molecule has 1 aliphatic heterocycles. The van der Waals surface area contributed by atoms with Crippen molar-refractivity contribution < 1.29 is 13.6 Å². The minimum Gasteiger partial charge on any atom is -0.290 e. The molecule has 2 atom stereocenters. The van der Waals surface area contributed by atoms with Gasteiger partial charge in [0, 0.05) is 0 Å². The molecule has 11 heavy (non-hydrogen) atoms. The molecule has 0 radical (unpaired) electrons. The smallest absolute Gasteiger partial charge is 0.290 e. The third kappa shape index (κ3) is 2.47. The zero-order valence-corrected chi connectivity index (χ0v) is 7.73. The summed E-state index contributed by atoms with van der Waals surface area (Å²) in [4.78, 5) is 0. The fraction of sp³-hybridized carbons (Fsp3) is 0.800. The summed E-state index contributed by atoms with van der Waals surface area (Å²) in [7, 11) is -3.26. The normalized spacial score (nSPS) is 37.7. The Morgan fingerprint density at radius 3 is 3.09 bits per heavy atom. The van der Waals surface area contributed by atoms with Gasteiger partial charge in [0.1, 0.15) is 0 Å². The molecule has 0 N–H and O–H groups in total. The van der Waals surface area contributed by atoms with Crippen molar-refractivity contribution >= 4 is 25.1 Å². The monoisotopic (exact) mass is 193 g/mol. The van der Waals surface area contributed by atoms with Gasteiger partial charge in [-0.2, -0.15) is 0 Å². The van der Waals surface area contributed by atoms with Gasteiger partial charge in [-0.25, -0.2) is 4.57 Å². The first-order valence-corrected chi connectivity index (χ1v) is 5.09.